The number of pyridine rings is 1. The highest BCUT2D eigenvalue weighted by Gasteiger charge is 2.26. The van der Waals surface area contributed by atoms with Crippen LogP contribution in [0.4, 0.5) is 0 Å². The second-order valence-electron chi connectivity index (χ2n) is 5.64. The first-order valence-electron chi connectivity index (χ1n) is 7.75. The number of furan rings is 1. The van der Waals surface area contributed by atoms with Gasteiger partial charge in [-0.25, -0.2) is 0 Å². The molecule has 5 nitrogen and oxygen atoms in total. The fourth-order valence-corrected chi connectivity index (χ4v) is 2.88. The molecule has 2 atom stereocenters. The summed E-state index contributed by atoms with van der Waals surface area (Å²) in [5.41, 5.74) is 1.28. The zero-order valence-corrected chi connectivity index (χ0v) is 12.6. The molecule has 2 aromatic heterocycles. The van der Waals surface area contributed by atoms with Gasteiger partial charge < -0.3 is 14.3 Å². The summed E-state index contributed by atoms with van der Waals surface area (Å²) in [4.78, 5) is 6.44. The Kier molecular flexibility index (Phi) is 5.21. The number of aliphatic hydroxyl groups is 1. The van der Waals surface area contributed by atoms with E-state index in [1.54, 1.807) is 12.3 Å². The van der Waals surface area contributed by atoms with Crippen molar-refractivity contribution in [2.24, 2.45) is 0 Å². The van der Waals surface area contributed by atoms with Crippen molar-refractivity contribution < 1.29 is 14.3 Å². The van der Waals surface area contributed by atoms with E-state index in [1.165, 1.54) is 5.56 Å². The summed E-state index contributed by atoms with van der Waals surface area (Å²) in [6.07, 6.45) is 6.28. The maximum Gasteiger partial charge on any atom is 0.132 e. The molecule has 1 N–H and O–H groups in total. The first-order valence-corrected chi connectivity index (χ1v) is 7.75. The van der Waals surface area contributed by atoms with E-state index < -0.39 is 6.10 Å². The molecule has 0 spiro atoms. The summed E-state index contributed by atoms with van der Waals surface area (Å²) in [5, 5.41) is 10.3. The lowest BCUT2D eigenvalue weighted by Gasteiger charge is -2.36. The van der Waals surface area contributed by atoms with E-state index in [1.807, 2.05) is 30.6 Å². The molecule has 0 aromatic carbocycles. The quantitative estimate of drug-likeness (QED) is 0.885. The predicted octanol–water partition coefficient (Wildman–Crippen LogP) is 2.04. The predicted molar refractivity (Wildman–Crippen MR) is 82.4 cm³/mol. The molecule has 1 aliphatic heterocycles. The molecular weight excluding hydrogens is 280 g/mol. The normalized spacial score (nSPS) is 20.9. The molecule has 0 unspecified atom stereocenters. The lowest BCUT2D eigenvalue weighted by Crippen LogP contribution is -2.46. The van der Waals surface area contributed by atoms with Crippen LogP contribution in [0.1, 0.15) is 23.8 Å². The van der Waals surface area contributed by atoms with Crippen molar-refractivity contribution >= 4 is 0 Å². The molecule has 0 saturated carbocycles. The van der Waals surface area contributed by atoms with Crippen molar-refractivity contribution in [3.05, 3.63) is 54.2 Å². The summed E-state index contributed by atoms with van der Waals surface area (Å²) in [6, 6.07) is 7.93. The van der Waals surface area contributed by atoms with Crippen LogP contribution in [0.5, 0.6) is 0 Å². The molecule has 0 aliphatic carbocycles. The number of aromatic nitrogens is 1. The SMILES string of the molecule is O[C@@H](C[C@H]1COCCN1CCc1ccncc1)c1ccco1. The monoisotopic (exact) mass is 302 g/mol. The van der Waals surface area contributed by atoms with Crippen molar-refractivity contribution in [1.82, 2.24) is 9.88 Å². The van der Waals surface area contributed by atoms with Gasteiger partial charge in [-0.2, -0.15) is 0 Å². The average Bonchev–Trinajstić information content (AvgIpc) is 3.10. The maximum atomic E-state index is 10.3. The van der Waals surface area contributed by atoms with Gasteiger partial charge in [-0.15, -0.1) is 0 Å². The minimum Gasteiger partial charge on any atom is -0.467 e. The van der Waals surface area contributed by atoms with Crippen LogP contribution in [-0.4, -0.2) is 47.3 Å². The van der Waals surface area contributed by atoms with Gasteiger partial charge in [0.15, 0.2) is 0 Å². The second-order valence-corrected chi connectivity index (χ2v) is 5.64. The highest BCUT2D eigenvalue weighted by atomic mass is 16.5. The van der Waals surface area contributed by atoms with E-state index in [2.05, 4.69) is 9.88 Å². The van der Waals surface area contributed by atoms with Gasteiger partial charge in [-0.05, 0) is 42.7 Å². The highest BCUT2D eigenvalue weighted by molar-refractivity contribution is 5.10. The van der Waals surface area contributed by atoms with Gasteiger partial charge in [0.25, 0.3) is 0 Å². The minimum atomic E-state index is -0.579. The molecule has 1 aliphatic rings. The van der Waals surface area contributed by atoms with Crippen molar-refractivity contribution in [3.63, 3.8) is 0 Å². The molecule has 1 fully saturated rings. The largest absolute Gasteiger partial charge is 0.467 e. The number of hydrogen-bond acceptors (Lipinski definition) is 5. The molecule has 2 aromatic rings. The Labute approximate surface area is 130 Å². The van der Waals surface area contributed by atoms with Crippen molar-refractivity contribution in [1.29, 1.82) is 0 Å². The number of hydrogen-bond donors (Lipinski definition) is 1. The fourth-order valence-electron chi connectivity index (χ4n) is 2.88. The maximum absolute atomic E-state index is 10.3. The van der Waals surface area contributed by atoms with E-state index in [0.29, 0.717) is 18.8 Å². The molecule has 3 heterocycles. The Morgan fingerprint density at radius 1 is 1.32 bits per heavy atom. The van der Waals surface area contributed by atoms with Crippen LogP contribution in [0.2, 0.25) is 0 Å². The summed E-state index contributed by atoms with van der Waals surface area (Å²) < 4.78 is 10.9. The molecule has 3 rings (SSSR count). The third kappa shape index (κ3) is 3.94. The number of ether oxygens (including phenoxy) is 1. The zero-order chi connectivity index (χ0) is 15.2. The Hall–Kier alpha value is -1.69. The van der Waals surface area contributed by atoms with Gasteiger partial charge in [0, 0.05) is 31.5 Å². The fraction of sp³-hybridized carbons (Fsp3) is 0.471. The van der Waals surface area contributed by atoms with Crippen LogP contribution in [0.15, 0.2) is 47.3 Å². The van der Waals surface area contributed by atoms with E-state index in [0.717, 1.165) is 26.1 Å². The first-order chi connectivity index (χ1) is 10.8. The summed E-state index contributed by atoms with van der Waals surface area (Å²) >= 11 is 0. The lowest BCUT2D eigenvalue weighted by atomic mass is 10.0. The van der Waals surface area contributed by atoms with Gasteiger partial charge in [0.1, 0.15) is 11.9 Å². The van der Waals surface area contributed by atoms with Crippen LogP contribution in [-0.2, 0) is 11.2 Å². The number of morpholine rings is 1. The van der Waals surface area contributed by atoms with Crippen molar-refractivity contribution in [2.45, 2.75) is 25.0 Å². The topological polar surface area (TPSA) is 58.7 Å². The Bertz CT molecular complexity index is 544. The Morgan fingerprint density at radius 2 is 2.18 bits per heavy atom. The van der Waals surface area contributed by atoms with E-state index in [-0.39, 0.29) is 6.04 Å². The van der Waals surface area contributed by atoms with Crippen molar-refractivity contribution in [2.75, 3.05) is 26.3 Å². The zero-order valence-electron chi connectivity index (χ0n) is 12.6. The van der Waals surface area contributed by atoms with Crippen LogP contribution in [0.25, 0.3) is 0 Å². The van der Waals surface area contributed by atoms with Gasteiger partial charge in [-0.3, -0.25) is 9.88 Å². The van der Waals surface area contributed by atoms with Crippen LogP contribution < -0.4 is 0 Å². The van der Waals surface area contributed by atoms with Crippen LogP contribution in [0.3, 0.4) is 0 Å². The van der Waals surface area contributed by atoms with Crippen LogP contribution >= 0.6 is 0 Å². The molecule has 118 valence electrons. The first kappa shape index (κ1) is 15.2. The summed E-state index contributed by atoms with van der Waals surface area (Å²) in [6.45, 7) is 3.28. The van der Waals surface area contributed by atoms with Gasteiger partial charge in [0.05, 0.1) is 19.5 Å². The Balaban J connectivity index is 1.56. The van der Waals surface area contributed by atoms with Gasteiger partial charge in [0.2, 0.25) is 0 Å². The molecule has 0 radical (unpaired) electrons. The van der Waals surface area contributed by atoms with Crippen molar-refractivity contribution in [3.8, 4) is 0 Å². The highest BCUT2D eigenvalue weighted by Crippen LogP contribution is 2.23. The van der Waals surface area contributed by atoms with E-state index >= 15 is 0 Å². The third-order valence-corrected chi connectivity index (χ3v) is 4.15. The molecule has 1 saturated heterocycles. The number of aliphatic hydroxyl groups excluding tert-OH is 1. The number of rotatable bonds is 6. The van der Waals surface area contributed by atoms with Gasteiger partial charge >= 0.3 is 0 Å². The van der Waals surface area contributed by atoms with E-state index in [4.69, 9.17) is 9.15 Å². The molecule has 0 bridgehead atoms. The summed E-state index contributed by atoms with van der Waals surface area (Å²) in [7, 11) is 0. The molecule has 5 heteroatoms. The third-order valence-electron chi connectivity index (χ3n) is 4.15. The summed E-state index contributed by atoms with van der Waals surface area (Å²) in [5.74, 6) is 0.625. The van der Waals surface area contributed by atoms with Gasteiger partial charge in [-0.1, -0.05) is 0 Å². The lowest BCUT2D eigenvalue weighted by molar-refractivity contribution is -0.0279. The minimum absolute atomic E-state index is 0.218. The van der Waals surface area contributed by atoms with E-state index in [9.17, 15) is 5.11 Å². The smallest absolute Gasteiger partial charge is 0.132 e. The molecule has 22 heavy (non-hydrogen) atoms. The number of nitrogens with zero attached hydrogens (tertiary/aromatic N) is 2. The Morgan fingerprint density at radius 3 is 2.95 bits per heavy atom. The molecular formula is C17H22N2O3. The standard InChI is InChI=1S/C17H22N2O3/c20-16(17-2-1-10-22-17)12-15-13-21-11-9-19(15)8-5-14-3-6-18-7-4-14/h1-4,6-7,10,15-16,20H,5,8-9,11-13H2/t15-,16-/m0/s1. The van der Waals surface area contributed by atoms with Crippen LogP contribution in [0, 0.1) is 0 Å². The molecule has 0 amide bonds. The second kappa shape index (κ2) is 7.54. The average molecular weight is 302 g/mol.